The Morgan fingerprint density at radius 1 is 1.64 bits per heavy atom. The first-order valence-corrected chi connectivity index (χ1v) is 4.87. The van der Waals surface area contributed by atoms with Crippen molar-refractivity contribution >= 4 is 11.8 Å². The molecule has 0 aromatic heterocycles. The molecule has 0 unspecified atom stereocenters. The lowest BCUT2D eigenvalue weighted by atomic mass is 10.3. The second-order valence-corrected chi connectivity index (χ2v) is 3.70. The Morgan fingerprint density at radius 2 is 2.36 bits per heavy atom. The minimum atomic E-state index is -0.0749. The van der Waals surface area contributed by atoms with E-state index in [0.717, 1.165) is 0 Å². The van der Waals surface area contributed by atoms with E-state index < -0.39 is 0 Å². The molecule has 0 aromatic rings. The highest BCUT2D eigenvalue weighted by Gasteiger charge is 2.20. The van der Waals surface area contributed by atoms with Crippen molar-refractivity contribution in [1.29, 1.82) is 0 Å². The SMILES string of the molecule is CC(C)NCC(=O)N1CCNC(=O)C1. The standard InChI is InChI=1S/C9H17N3O2/c1-7(2)11-5-9(14)12-4-3-10-8(13)6-12/h7,11H,3-6H2,1-2H3,(H,10,13). The maximum atomic E-state index is 11.5. The molecule has 0 aliphatic carbocycles. The predicted octanol–water partition coefficient (Wildman–Crippen LogP) is -1.06. The maximum absolute atomic E-state index is 11.5. The van der Waals surface area contributed by atoms with E-state index >= 15 is 0 Å². The molecule has 0 atom stereocenters. The second-order valence-electron chi connectivity index (χ2n) is 3.70. The number of carbonyl (C=O) groups is 2. The van der Waals surface area contributed by atoms with Gasteiger partial charge in [0, 0.05) is 19.1 Å². The molecule has 0 radical (unpaired) electrons. The Labute approximate surface area is 83.8 Å². The number of carbonyl (C=O) groups excluding carboxylic acids is 2. The van der Waals surface area contributed by atoms with E-state index in [1.807, 2.05) is 13.8 Å². The molecule has 0 bridgehead atoms. The first-order chi connectivity index (χ1) is 6.59. The zero-order valence-corrected chi connectivity index (χ0v) is 8.67. The van der Waals surface area contributed by atoms with Crippen LogP contribution in [0.1, 0.15) is 13.8 Å². The third-order valence-electron chi connectivity index (χ3n) is 2.05. The lowest BCUT2D eigenvalue weighted by molar-refractivity contribution is -0.137. The van der Waals surface area contributed by atoms with Crippen LogP contribution in [0.5, 0.6) is 0 Å². The molecule has 0 saturated carbocycles. The smallest absolute Gasteiger partial charge is 0.239 e. The topological polar surface area (TPSA) is 61.4 Å². The lowest BCUT2D eigenvalue weighted by Crippen LogP contribution is -2.52. The Kier molecular flexibility index (Phi) is 3.88. The van der Waals surface area contributed by atoms with E-state index in [4.69, 9.17) is 0 Å². The number of hydrogen-bond acceptors (Lipinski definition) is 3. The third-order valence-corrected chi connectivity index (χ3v) is 2.05. The minimum absolute atomic E-state index is 0.00597. The van der Waals surface area contributed by atoms with Gasteiger partial charge in [-0.2, -0.15) is 0 Å². The van der Waals surface area contributed by atoms with Crippen LogP contribution < -0.4 is 10.6 Å². The zero-order valence-electron chi connectivity index (χ0n) is 8.67. The summed E-state index contributed by atoms with van der Waals surface area (Å²) in [5.74, 6) is -0.0808. The number of nitrogens with one attached hydrogen (secondary N) is 2. The summed E-state index contributed by atoms with van der Waals surface area (Å²) in [4.78, 5) is 24.1. The van der Waals surface area contributed by atoms with Gasteiger partial charge in [0.15, 0.2) is 0 Å². The van der Waals surface area contributed by atoms with Crippen LogP contribution in [0.3, 0.4) is 0 Å². The molecule has 0 aromatic carbocycles. The van der Waals surface area contributed by atoms with Gasteiger partial charge in [-0.25, -0.2) is 0 Å². The number of nitrogens with zero attached hydrogens (tertiary/aromatic N) is 1. The summed E-state index contributed by atoms with van der Waals surface area (Å²) in [7, 11) is 0. The molecule has 1 aliphatic heterocycles. The van der Waals surface area contributed by atoms with Gasteiger partial charge >= 0.3 is 0 Å². The van der Waals surface area contributed by atoms with Crippen molar-refractivity contribution in [2.24, 2.45) is 0 Å². The van der Waals surface area contributed by atoms with E-state index in [1.165, 1.54) is 0 Å². The molecule has 0 spiro atoms. The molecule has 5 nitrogen and oxygen atoms in total. The molecule has 1 saturated heterocycles. The summed E-state index contributed by atoms with van der Waals surface area (Å²) < 4.78 is 0. The van der Waals surface area contributed by atoms with E-state index in [-0.39, 0.29) is 24.4 Å². The highest BCUT2D eigenvalue weighted by Crippen LogP contribution is 1.93. The van der Waals surface area contributed by atoms with Crippen molar-refractivity contribution < 1.29 is 9.59 Å². The fraction of sp³-hybridized carbons (Fsp3) is 0.778. The number of rotatable bonds is 3. The Bertz CT molecular complexity index is 228. The van der Waals surface area contributed by atoms with Crippen molar-refractivity contribution in [3.63, 3.8) is 0 Å². The molecule has 5 heteroatoms. The Hall–Kier alpha value is -1.10. The van der Waals surface area contributed by atoms with Gasteiger partial charge in [-0.3, -0.25) is 9.59 Å². The summed E-state index contributed by atoms with van der Waals surface area (Å²) in [6, 6.07) is 0.289. The van der Waals surface area contributed by atoms with Crippen molar-refractivity contribution in [2.45, 2.75) is 19.9 Å². The van der Waals surface area contributed by atoms with E-state index in [9.17, 15) is 9.59 Å². The fourth-order valence-corrected chi connectivity index (χ4v) is 1.25. The van der Waals surface area contributed by atoms with Gasteiger partial charge in [0.25, 0.3) is 0 Å². The van der Waals surface area contributed by atoms with Crippen molar-refractivity contribution in [1.82, 2.24) is 15.5 Å². The zero-order chi connectivity index (χ0) is 10.6. The highest BCUT2D eigenvalue weighted by atomic mass is 16.2. The molecular formula is C9H17N3O2. The van der Waals surface area contributed by atoms with Gasteiger partial charge in [0.05, 0.1) is 13.1 Å². The summed E-state index contributed by atoms with van der Waals surface area (Å²) >= 11 is 0. The minimum Gasteiger partial charge on any atom is -0.353 e. The maximum Gasteiger partial charge on any atom is 0.239 e. The van der Waals surface area contributed by atoms with Crippen LogP contribution in [0.25, 0.3) is 0 Å². The molecule has 1 rings (SSSR count). The summed E-state index contributed by atoms with van der Waals surface area (Å²) in [5, 5.41) is 5.71. The quantitative estimate of drug-likeness (QED) is 0.609. The molecule has 80 valence electrons. The first kappa shape index (κ1) is 11.0. The van der Waals surface area contributed by atoms with E-state index in [1.54, 1.807) is 4.90 Å². The van der Waals surface area contributed by atoms with Crippen LogP contribution in [0.15, 0.2) is 0 Å². The highest BCUT2D eigenvalue weighted by molar-refractivity contribution is 5.86. The lowest BCUT2D eigenvalue weighted by Gasteiger charge is -2.27. The van der Waals surface area contributed by atoms with Crippen LogP contribution in [0.2, 0.25) is 0 Å². The van der Waals surface area contributed by atoms with Crippen LogP contribution >= 0.6 is 0 Å². The van der Waals surface area contributed by atoms with Crippen molar-refractivity contribution in [3.8, 4) is 0 Å². The number of hydrogen-bond donors (Lipinski definition) is 2. The third kappa shape index (κ3) is 3.33. The molecule has 1 fully saturated rings. The fourth-order valence-electron chi connectivity index (χ4n) is 1.25. The van der Waals surface area contributed by atoms with E-state index in [2.05, 4.69) is 10.6 Å². The first-order valence-electron chi connectivity index (χ1n) is 4.87. The Morgan fingerprint density at radius 3 is 2.93 bits per heavy atom. The normalized spacial score (nSPS) is 17.1. The molecular weight excluding hydrogens is 182 g/mol. The summed E-state index contributed by atoms with van der Waals surface area (Å²) in [6.07, 6.45) is 0. The van der Waals surface area contributed by atoms with Crippen LogP contribution in [-0.4, -0.2) is 48.9 Å². The molecule has 2 N–H and O–H groups in total. The molecule has 14 heavy (non-hydrogen) atoms. The number of piperazine rings is 1. The second kappa shape index (κ2) is 4.95. The van der Waals surface area contributed by atoms with Crippen LogP contribution in [-0.2, 0) is 9.59 Å². The van der Waals surface area contributed by atoms with Gasteiger partial charge in [-0.15, -0.1) is 0 Å². The van der Waals surface area contributed by atoms with Crippen molar-refractivity contribution in [2.75, 3.05) is 26.2 Å². The van der Waals surface area contributed by atoms with Crippen molar-refractivity contribution in [3.05, 3.63) is 0 Å². The Balaban J connectivity index is 2.32. The van der Waals surface area contributed by atoms with Gasteiger partial charge in [-0.05, 0) is 0 Å². The van der Waals surface area contributed by atoms with Gasteiger partial charge < -0.3 is 15.5 Å². The summed E-state index contributed by atoms with van der Waals surface area (Å²) in [6.45, 7) is 5.65. The number of amides is 2. The van der Waals surface area contributed by atoms with Gasteiger partial charge in [0.1, 0.15) is 0 Å². The average molecular weight is 199 g/mol. The molecule has 2 amide bonds. The monoisotopic (exact) mass is 199 g/mol. The summed E-state index contributed by atoms with van der Waals surface area (Å²) in [5.41, 5.74) is 0. The van der Waals surface area contributed by atoms with Crippen LogP contribution in [0, 0.1) is 0 Å². The van der Waals surface area contributed by atoms with Crippen LogP contribution in [0.4, 0.5) is 0 Å². The average Bonchev–Trinajstić information content (AvgIpc) is 2.14. The predicted molar refractivity (Wildman–Crippen MR) is 52.7 cm³/mol. The largest absolute Gasteiger partial charge is 0.353 e. The molecule has 1 heterocycles. The van der Waals surface area contributed by atoms with Gasteiger partial charge in [0.2, 0.25) is 11.8 Å². The van der Waals surface area contributed by atoms with Gasteiger partial charge in [-0.1, -0.05) is 13.8 Å². The van der Waals surface area contributed by atoms with E-state index in [0.29, 0.717) is 19.6 Å². The molecule has 1 aliphatic rings.